The Morgan fingerprint density at radius 2 is 1.95 bits per heavy atom. The lowest BCUT2D eigenvalue weighted by atomic mass is 10.1. The highest BCUT2D eigenvalue weighted by molar-refractivity contribution is 6.42. The largest absolute Gasteiger partial charge is 0.482 e. The highest BCUT2D eigenvalue weighted by Crippen LogP contribution is 2.29. The van der Waals surface area contributed by atoms with Gasteiger partial charge in [0.05, 0.1) is 15.7 Å². The molecule has 1 aromatic heterocycles. The summed E-state index contributed by atoms with van der Waals surface area (Å²) in [6.45, 7) is 1.87. The molecular weight excluding hydrogens is 283 g/mol. The number of aromatic nitrogens is 1. The van der Waals surface area contributed by atoms with Gasteiger partial charge in [0.15, 0.2) is 6.10 Å². The molecule has 100 valence electrons. The van der Waals surface area contributed by atoms with Gasteiger partial charge in [-0.15, -0.1) is 0 Å². The molecule has 0 radical (unpaired) electrons. The molecule has 0 bridgehead atoms. The van der Waals surface area contributed by atoms with Crippen molar-refractivity contribution in [3.05, 3.63) is 58.3 Å². The van der Waals surface area contributed by atoms with E-state index >= 15 is 0 Å². The molecule has 2 atom stereocenters. The fourth-order valence-corrected chi connectivity index (χ4v) is 1.97. The molecule has 2 rings (SSSR count). The minimum absolute atomic E-state index is 0.204. The van der Waals surface area contributed by atoms with E-state index in [0.29, 0.717) is 15.8 Å². The van der Waals surface area contributed by atoms with Crippen molar-refractivity contribution in [2.45, 2.75) is 19.1 Å². The van der Waals surface area contributed by atoms with Crippen molar-refractivity contribution in [1.29, 1.82) is 0 Å². The fourth-order valence-electron chi connectivity index (χ4n) is 1.68. The quantitative estimate of drug-likeness (QED) is 0.932. The zero-order valence-electron chi connectivity index (χ0n) is 10.4. The van der Waals surface area contributed by atoms with E-state index < -0.39 is 0 Å². The number of halogens is 2. The van der Waals surface area contributed by atoms with Gasteiger partial charge in [0.25, 0.3) is 0 Å². The van der Waals surface area contributed by atoms with Crippen LogP contribution in [-0.2, 0) is 0 Å². The number of benzene rings is 1. The third kappa shape index (κ3) is 3.60. The van der Waals surface area contributed by atoms with Crippen molar-refractivity contribution in [1.82, 2.24) is 4.98 Å². The van der Waals surface area contributed by atoms with Gasteiger partial charge in [0.2, 0.25) is 0 Å². The Kier molecular flexibility index (Phi) is 4.64. The molecule has 2 N–H and O–H groups in total. The van der Waals surface area contributed by atoms with E-state index in [0.717, 1.165) is 5.69 Å². The second kappa shape index (κ2) is 6.24. The molecule has 2 unspecified atom stereocenters. The Hall–Kier alpha value is -1.29. The van der Waals surface area contributed by atoms with Crippen LogP contribution in [0.15, 0.2) is 42.6 Å². The summed E-state index contributed by atoms with van der Waals surface area (Å²) < 4.78 is 5.87. The molecule has 2 aromatic rings. The van der Waals surface area contributed by atoms with E-state index in [2.05, 4.69) is 4.98 Å². The van der Waals surface area contributed by atoms with Crippen LogP contribution in [0.1, 0.15) is 18.7 Å². The lowest BCUT2D eigenvalue weighted by molar-refractivity contribution is 0.176. The Morgan fingerprint density at radius 1 is 1.16 bits per heavy atom. The average molecular weight is 297 g/mol. The van der Waals surface area contributed by atoms with Gasteiger partial charge < -0.3 is 10.5 Å². The maximum Gasteiger partial charge on any atom is 0.155 e. The summed E-state index contributed by atoms with van der Waals surface area (Å²) in [6, 6.07) is 10.5. The smallest absolute Gasteiger partial charge is 0.155 e. The first kappa shape index (κ1) is 14.1. The van der Waals surface area contributed by atoms with Gasteiger partial charge in [0, 0.05) is 18.3 Å². The molecule has 0 aliphatic carbocycles. The molecule has 0 saturated carbocycles. The standard InChI is InChI=1S/C14H14Cl2N2O/c1-9(17)14(13-4-2-3-7-18-13)19-10-5-6-11(15)12(16)8-10/h2-9,14H,17H2,1H3. The van der Waals surface area contributed by atoms with Crippen LogP contribution in [-0.4, -0.2) is 11.0 Å². The number of nitrogens with zero attached hydrogens (tertiary/aromatic N) is 1. The van der Waals surface area contributed by atoms with E-state index in [1.165, 1.54) is 0 Å². The number of rotatable bonds is 4. The van der Waals surface area contributed by atoms with Crippen molar-refractivity contribution in [3.8, 4) is 5.75 Å². The minimum Gasteiger partial charge on any atom is -0.482 e. The maximum atomic E-state index is 5.96. The normalized spacial score (nSPS) is 13.9. The number of hydrogen-bond acceptors (Lipinski definition) is 3. The van der Waals surface area contributed by atoms with Crippen LogP contribution < -0.4 is 10.5 Å². The molecule has 0 saturated heterocycles. The topological polar surface area (TPSA) is 48.1 Å². The lowest BCUT2D eigenvalue weighted by Crippen LogP contribution is -2.29. The average Bonchev–Trinajstić information content (AvgIpc) is 2.40. The van der Waals surface area contributed by atoms with E-state index in [1.54, 1.807) is 24.4 Å². The zero-order chi connectivity index (χ0) is 13.8. The molecule has 0 amide bonds. The van der Waals surface area contributed by atoms with Gasteiger partial charge in [0.1, 0.15) is 5.75 Å². The molecular formula is C14H14Cl2N2O. The van der Waals surface area contributed by atoms with Crippen molar-refractivity contribution < 1.29 is 4.74 Å². The first-order chi connectivity index (χ1) is 9.08. The van der Waals surface area contributed by atoms with Crippen LogP contribution in [0.5, 0.6) is 5.75 Å². The van der Waals surface area contributed by atoms with Crippen LogP contribution in [0.3, 0.4) is 0 Å². The van der Waals surface area contributed by atoms with Gasteiger partial charge in [-0.3, -0.25) is 4.98 Å². The second-order valence-corrected chi connectivity index (χ2v) is 5.04. The van der Waals surface area contributed by atoms with Crippen molar-refractivity contribution in [2.75, 3.05) is 0 Å². The molecule has 19 heavy (non-hydrogen) atoms. The van der Waals surface area contributed by atoms with Gasteiger partial charge in [-0.25, -0.2) is 0 Å². The van der Waals surface area contributed by atoms with Crippen LogP contribution in [0, 0.1) is 0 Å². The van der Waals surface area contributed by atoms with Gasteiger partial charge in [-0.2, -0.15) is 0 Å². The molecule has 0 fully saturated rings. The summed E-state index contributed by atoms with van der Waals surface area (Å²) in [6.07, 6.45) is 1.38. The second-order valence-electron chi connectivity index (χ2n) is 4.23. The summed E-state index contributed by atoms with van der Waals surface area (Å²) in [4.78, 5) is 4.27. The maximum absolute atomic E-state index is 5.96. The lowest BCUT2D eigenvalue weighted by Gasteiger charge is -2.22. The van der Waals surface area contributed by atoms with E-state index in [1.807, 2.05) is 25.1 Å². The minimum atomic E-state index is -0.335. The molecule has 1 aromatic carbocycles. The predicted molar refractivity (Wildman–Crippen MR) is 77.7 cm³/mol. The molecule has 1 heterocycles. The Labute approximate surface area is 122 Å². The van der Waals surface area contributed by atoms with E-state index in [9.17, 15) is 0 Å². The Morgan fingerprint density at radius 3 is 2.53 bits per heavy atom. The van der Waals surface area contributed by atoms with E-state index in [-0.39, 0.29) is 12.1 Å². The van der Waals surface area contributed by atoms with Crippen molar-refractivity contribution in [3.63, 3.8) is 0 Å². The summed E-state index contributed by atoms with van der Waals surface area (Å²) >= 11 is 11.8. The van der Waals surface area contributed by atoms with Crippen LogP contribution in [0.25, 0.3) is 0 Å². The van der Waals surface area contributed by atoms with Gasteiger partial charge in [-0.05, 0) is 31.2 Å². The first-order valence-corrected chi connectivity index (χ1v) is 6.61. The monoisotopic (exact) mass is 296 g/mol. The van der Waals surface area contributed by atoms with Crippen LogP contribution in [0.2, 0.25) is 10.0 Å². The molecule has 0 aliphatic rings. The summed E-state index contributed by atoms with van der Waals surface area (Å²) in [7, 11) is 0. The fraction of sp³-hybridized carbons (Fsp3) is 0.214. The number of hydrogen-bond donors (Lipinski definition) is 1. The zero-order valence-corrected chi connectivity index (χ0v) is 11.9. The summed E-state index contributed by atoms with van der Waals surface area (Å²) in [5.74, 6) is 0.613. The molecule has 0 spiro atoms. The van der Waals surface area contributed by atoms with Crippen molar-refractivity contribution >= 4 is 23.2 Å². The number of nitrogens with two attached hydrogens (primary N) is 1. The first-order valence-electron chi connectivity index (χ1n) is 5.86. The molecule has 3 nitrogen and oxygen atoms in total. The highest BCUT2D eigenvalue weighted by Gasteiger charge is 2.19. The molecule has 0 aliphatic heterocycles. The predicted octanol–water partition coefficient (Wildman–Crippen LogP) is 3.86. The Bertz CT molecular complexity index is 546. The van der Waals surface area contributed by atoms with E-state index in [4.69, 9.17) is 33.7 Å². The highest BCUT2D eigenvalue weighted by atomic mass is 35.5. The van der Waals surface area contributed by atoms with Crippen LogP contribution >= 0.6 is 23.2 Å². The summed E-state index contributed by atoms with van der Waals surface area (Å²) in [5, 5.41) is 0.938. The SMILES string of the molecule is CC(N)C(Oc1ccc(Cl)c(Cl)c1)c1ccccn1. The van der Waals surface area contributed by atoms with Crippen LogP contribution in [0.4, 0.5) is 0 Å². The summed E-state index contributed by atoms with van der Waals surface area (Å²) in [5.41, 5.74) is 6.74. The Balaban J connectivity index is 2.24. The van der Waals surface area contributed by atoms with Gasteiger partial charge >= 0.3 is 0 Å². The number of ether oxygens (including phenoxy) is 1. The number of pyridine rings is 1. The third-order valence-corrected chi connectivity index (χ3v) is 3.35. The molecule has 5 heteroatoms. The van der Waals surface area contributed by atoms with Gasteiger partial charge in [-0.1, -0.05) is 29.3 Å². The van der Waals surface area contributed by atoms with Crippen molar-refractivity contribution in [2.24, 2.45) is 5.73 Å². The third-order valence-electron chi connectivity index (χ3n) is 2.61.